The fraction of sp³-hybridized carbons (Fsp3) is 0.615. The Morgan fingerprint density at radius 2 is 1.34 bits per heavy atom. The van der Waals surface area contributed by atoms with Gasteiger partial charge in [-0.25, -0.2) is 14.4 Å². The molecule has 2 N–H and O–H groups in total. The molecule has 0 radical (unpaired) electrons. The Bertz CT molecular complexity index is 942. The van der Waals surface area contributed by atoms with Crippen LogP contribution in [0.3, 0.4) is 0 Å². The summed E-state index contributed by atoms with van der Waals surface area (Å²) >= 11 is 0. The molecule has 12 nitrogen and oxygen atoms in total. The van der Waals surface area contributed by atoms with E-state index < -0.39 is 48.3 Å². The van der Waals surface area contributed by atoms with Crippen LogP contribution < -0.4 is 15.2 Å². The van der Waals surface area contributed by atoms with E-state index in [-0.39, 0.29) is 31.1 Å². The zero-order chi connectivity index (χ0) is 28.9. The minimum atomic E-state index is -1.10. The van der Waals surface area contributed by atoms with Crippen molar-refractivity contribution < 1.29 is 52.3 Å². The van der Waals surface area contributed by atoms with Crippen molar-refractivity contribution in [3.63, 3.8) is 0 Å². The van der Waals surface area contributed by atoms with E-state index in [0.29, 0.717) is 18.4 Å². The van der Waals surface area contributed by atoms with Crippen molar-refractivity contribution >= 4 is 24.4 Å². The molecule has 0 saturated heterocycles. The molecular formula is C26H39NO11. The molecule has 0 amide bonds. The van der Waals surface area contributed by atoms with Gasteiger partial charge in [-0.1, -0.05) is 19.9 Å². The molecule has 0 aromatic heterocycles. The van der Waals surface area contributed by atoms with Gasteiger partial charge in [0.05, 0.1) is 13.2 Å². The number of carbonyl (C=O) groups is 4. The van der Waals surface area contributed by atoms with Gasteiger partial charge in [0.25, 0.3) is 0 Å². The molecule has 0 saturated carbocycles. The minimum absolute atomic E-state index is 0.00616. The molecular weight excluding hydrogens is 502 g/mol. The van der Waals surface area contributed by atoms with Crippen LogP contribution in [0.4, 0.5) is 14.4 Å². The lowest BCUT2D eigenvalue weighted by Crippen LogP contribution is -2.40. The van der Waals surface area contributed by atoms with E-state index in [4.69, 9.17) is 38.9 Å². The highest BCUT2D eigenvalue weighted by Crippen LogP contribution is 2.30. The molecule has 0 fully saturated rings. The zero-order valence-corrected chi connectivity index (χ0v) is 23.1. The van der Waals surface area contributed by atoms with Crippen LogP contribution in [0.15, 0.2) is 18.2 Å². The predicted molar refractivity (Wildman–Crippen MR) is 135 cm³/mol. The Kier molecular flexibility index (Phi) is 13.4. The van der Waals surface area contributed by atoms with E-state index in [1.807, 2.05) is 13.8 Å². The topological polar surface area (TPSA) is 159 Å². The lowest BCUT2D eigenvalue weighted by Gasteiger charge is -2.24. The summed E-state index contributed by atoms with van der Waals surface area (Å²) in [7, 11) is 0. The average Bonchev–Trinajstić information content (AvgIpc) is 2.81. The zero-order valence-electron chi connectivity index (χ0n) is 23.1. The quantitative estimate of drug-likeness (QED) is 0.221. The molecule has 12 heteroatoms. The first kappa shape index (κ1) is 32.5. The standard InChI is InChI=1S/C26H39NO11/c1-8-12-32-23(29)36-20-11-10-18(15-21(20)37-24(30)33-13-9-2)14-19(27)22(28)34-16(3)17(4)35-25(31)38-26(5,6)7/h10-11,15-17,19H,8-9,12-14,27H2,1-7H3/t16-,17-,19-/m0/s1. The van der Waals surface area contributed by atoms with Crippen molar-refractivity contribution in [2.45, 2.75) is 91.6 Å². The van der Waals surface area contributed by atoms with Gasteiger partial charge >= 0.3 is 24.4 Å². The van der Waals surface area contributed by atoms with Crippen molar-refractivity contribution in [2.24, 2.45) is 5.73 Å². The van der Waals surface area contributed by atoms with Crippen LogP contribution in [0.5, 0.6) is 11.5 Å². The third-order valence-corrected chi connectivity index (χ3v) is 4.64. The van der Waals surface area contributed by atoms with Crippen LogP contribution in [-0.2, 0) is 34.9 Å². The molecule has 214 valence electrons. The monoisotopic (exact) mass is 541 g/mol. The van der Waals surface area contributed by atoms with Crippen molar-refractivity contribution in [3.05, 3.63) is 23.8 Å². The molecule has 3 atom stereocenters. The van der Waals surface area contributed by atoms with Crippen molar-refractivity contribution in [1.29, 1.82) is 0 Å². The molecule has 0 bridgehead atoms. The summed E-state index contributed by atoms with van der Waals surface area (Å²) in [4.78, 5) is 48.3. The number of rotatable bonds is 12. The summed E-state index contributed by atoms with van der Waals surface area (Å²) in [5.74, 6) is -0.947. The number of hydrogen-bond acceptors (Lipinski definition) is 12. The predicted octanol–water partition coefficient (Wildman–Crippen LogP) is 4.68. The fourth-order valence-corrected chi connectivity index (χ4v) is 2.68. The highest BCUT2D eigenvalue weighted by atomic mass is 16.8. The molecule has 1 aromatic carbocycles. The maximum atomic E-state index is 12.6. The van der Waals surface area contributed by atoms with E-state index >= 15 is 0 Å². The van der Waals surface area contributed by atoms with E-state index in [0.717, 1.165) is 0 Å². The first-order valence-electron chi connectivity index (χ1n) is 12.4. The summed E-state index contributed by atoms with van der Waals surface area (Å²) < 4.78 is 35.7. The van der Waals surface area contributed by atoms with Crippen LogP contribution >= 0.6 is 0 Å². The summed E-state index contributed by atoms with van der Waals surface area (Å²) in [5.41, 5.74) is 5.78. The van der Waals surface area contributed by atoms with Crippen LogP contribution in [0, 0.1) is 0 Å². The molecule has 1 rings (SSSR count). The number of ether oxygens (including phenoxy) is 7. The second kappa shape index (κ2) is 15.7. The third-order valence-electron chi connectivity index (χ3n) is 4.64. The van der Waals surface area contributed by atoms with Gasteiger partial charge in [-0.05, 0) is 71.6 Å². The highest BCUT2D eigenvalue weighted by molar-refractivity contribution is 5.76. The maximum Gasteiger partial charge on any atom is 0.513 e. The normalized spacial score (nSPS) is 13.4. The first-order valence-corrected chi connectivity index (χ1v) is 12.4. The Balaban J connectivity index is 2.87. The minimum Gasteiger partial charge on any atom is -0.458 e. The van der Waals surface area contributed by atoms with Crippen molar-refractivity contribution in [3.8, 4) is 11.5 Å². The molecule has 0 aliphatic rings. The Hall–Kier alpha value is -3.54. The molecule has 0 heterocycles. The van der Waals surface area contributed by atoms with E-state index in [1.54, 1.807) is 34.6 Å². The second-order valence-electron chi connectivity index (χ2n) is 9.42. The maximum absolute atomic E-state index is 12.6. The van der Waals surface area contributed by atoms with Gasteiger partial charge in [0.15, 0.2) is 11.5 Å². The van der Waals surface area contributed by atoms with Gasteiger partial charge in [-0.15, -0.1) is 0 Å². The van der Waals surface area contributed by atoms with Gasteiger partial charge in [-0.2, -0.15) is 0 Å². The Morgan fingerprint density at radius 1 is 0.816 bits per heavy atom. The summed E-state index contributed by atoms with van der Waals surface area (Å²) in [5, 5.41) is 0. The Labute approximate surface area is 223 Å². The smallest absolute Gasteiger partial charge is 0.458 e. The second-order valence-corrected chi connectivity index (χ2v) is 9.42. The molecule has 0 unspecified atom stereocenters. The van der Waals surface area contributed by atoms with Gasteiger partial charge in [0.2, 0.25) is 0 Å². The molecule has 0 aliphatic heterocycles. The SMILES string of the molecule is CCCOC(=O)Oc1ccc(C[C@H](N)C(=O)O[C@@H](C)[C@H](C)OC(=O)OC(C)(C)C)cc1OC(=O)OCCC. The summed E-state index contributed by atoms with van der Waals surface area (Å²) in [6.07, 6.45) is -3.28. The van der Waals surface area contributed by atoms with Gasteiger partial charge in [0, 0.05) is 0 Å². The van der Waals surface area contributed by atoms with Gasteiger partial charge < -0.3 is 38.9 Å². The average molecular weight is 542 g/mol. The summed E-state index contributed by atoms with van der Waals surface area (Å²) in [6.45, 7) is 12.1. The van der Waals surface area contributed by atoms with E-state index in [2.05, 4.69) is 0 Å². The van der Waals surface area contributed by atoms with Crippen molar-refractivity contribution in [2.75, 3.05) is 13.2 Å². The van der Waals surface area contributed by atoms with Crippen molar-refractivity contribution in [1.82, 2.24) is 0 Å². The van der Waals surface area contributed by atoms with Gasteiger partial charge in [0.1, 0.15) is 23.9 Å². The fourth-order valence-electron chi connectivity index (χ4n) is 2.68. The number of carbonyl (C=O) groups excluding carboxylic acids is 4. The van der Waals surface area contributed by atoms with E-state index in [1.165, 1.54) is 18.2 Å². The van der Waals surface area contributed by atoms with E-state index in [9.17, 15) is 19.2 Å². The molecule has 0 spiro atoms. The van der Waals surface area contributed by atoms with Crippen LogP contribution in [-0.4, -0.2) is 61.5 Å². The summed E-state index contributed by atoms with van der Waals surface area (Å²) in [6, 6.07) is 3.20. The van der Waals surface area contributed by atoms with Gasteiger partial charge in [-0.3, -0.25) is 4.79 Å². The largest absolute Gasteiger partial charge is 0.513 e. The molecule has 0 aliphatic carbocycles. The number of nitrogens with two attached hydrogens (primary N) is 1. The first-order chi connectivity index (χ1) is 17.7. The number of hydrogen-bond donors (Lipinski definition) is 1. The Morgan fingerprint density at radius 3 is 1.87 bits per heavy atom. The van der Waals surface area contributed by atoms with Crippen LogP contribution in [0.2, 0.25) is 0 Å². The third kappa shape index (κ3) is 12.6. The van der Waals surface area contributed by atoms with Crippen LogP contribution in [0.25, 0.3) is 0 Å². The van der Waals surface area contributed by atoms with Crippen LogP contribution in [0.1, 0.15) is 66.9 Å². The number of esters is 1. The lowest BCUT2D eigenvalue weighted by molar-refractivity contribution is -0.156. The lowest BCUT2D eigenvalue weighted by atomic mass is 10.1. The molecule has 38 heavy (non-hydrogen) atoms. The highest BCUT2D eigenvalue weighted by Gasteiger charge is 2.27. The molecule has 1 aromatic rings. The number of benzene rings is 1.